The molecule has 1 N–H and O–H groups in total. The lowest BCUT2D eigenvalue weighted by Crippen LogP contribution is -2.37. The Kier molecular flexibility index (Phi) is 7.54. The number of pyridine rings is 3. The van der Waals surface area contributed by atoms with Crippen molar-refractivity contribution in [3.63, 3.8) is 0 Å². The number of anilines is 2. The average Bonchev–Trinajstić information content (AvgIpc) is 2.94. The highest BCUT2D eigenvalue weighted by molar-refractivity contribution is 6.04. The lowest BCUT2D eigenvalue weighted by atomic mass is 10.0. The van der Waals surface area contributed by atoms with E-state index in [0.29, 0.717) is 69.3 Å². The molecule has 9 nitrogen and oxygen atoms in total. The maximum atomic E-state index is 13.0. The number of rotatable bonds is 5. The zero-order chi connectivity index (χ0) is 26.7. The number of aromatic nitrogens is 3. The van der Waals surface area contributed by atoms with Crippen LogP contribution in [0.2, 0.25) is 0 Å². The van der Waals surface area contributed by atoms with Crippen molar-refractivity contribution in [3.05, 3.63) is 65.4 Å². The molecule has 1 unspecified atom stereocenters. The van der Waals surface area contributed by atoms with Crippen LogP contribution in [0, 0.1) is 6.92 Å². The molecule has 3 aromatic heterocycles. The number of halogens is 3. The first-order chi connectivity index (χ1) is 18.3. The van der Waals surface area contributed by atoms with Crippen LogP contribution in [0.5, 0.6) is 0 Å². The van der Waals surface area contributed by atoms with Gasteiger partial charge in [-0.2, -0.15) is 13.2 Å². The molecule has 3 aromatic rings. The van der Waals surface area contributed by atoms with Crippen LogP contribution < -0.4 is 10.2 Å². The third-order valence-electron chi connectivity index (χ3n) is 6.28. The Morgan fingerprint density at radius 2 is 1.87 bits per heavy atom. The number of morpholine rings is 1. The van der Waals surface area contributed by atoms with Crippen molar-refractivity contribution in [1.82, 2.24) is 15.0 Å². The third-order valence-corrected chi connectivity index (χ3v) is 6.28. The van der Waals surface area contributed by atoms with Gasteiger partial charge in [-0.15, -0.1) is 0 Å². The first kappa shape index (κ1) is 26.0. The minimum Gasteiger partial charge on any atom is -0.378 e. The summed E-state index contributed by atoms with van der Waals surface area (Å²) in [5.74, 6) is 0.0620. The van der Waals surface area contributed by atoms with Crippen LogP contribution in [-0.4, -0.2) is 67.0 Å². The van der Waals surface area contributed by atoms with Crippen molar-refractivity contribution < 1.29 is 32.2 Å². The van der Waals surface area contributed by atoms with Gasteiger partial charge < -0.3 is 24.4 Å². The van der Waals surface area contributed by atoms with Crippen LogP contribution in [-0.2, 0) is 20.4 Å². The summed E-state index contributed by atoms with van der Waals surface area (Å²) in [6.45, 7) is 5.80. The van der Waals surface area contributed by atoms with E-state index >= 15 is 0 Å². The smallest absolute Gasteiger partial charge is 0.378 e. The molecule has 1 atom stereocenters. The summed E-state index contributed by atoms with van der Waals surface area (Å²) in [4.78, 5) is 27.5. The maximum Gasteiger partial charge on any atom is 0.433 e. The Hall–Kier alpha value is -3.61. The normalized spacial score (nSPS) is 18.3. The second-order valence-electron chi connectivity index (χ2n) is 8.91. The topological polar surface area (TPSA) is 98.7 Å². The average molecular weight is 530 g/mol. The van der Waals surface area contributed by atoms with Gasteiger partial charge in [-0.05, 0) is 42.8 Å². The predicted molar refractivity (Wildman–Crippen MR) is 132 cm³/mol. The SMILES string of the molecule is Cc1ncc(NC(=O)c2ccnc(C(F)(F)F)c2)cc1-c1cc(C2COCCO2)nc(N2CCOCC2)c1. The van der Waals surface area contributed by atoms with Crippen molar-refractivity contribution >= 4 is 17.4 Å². The summed E-state index contributed by atoms with van der Waals surface area (Å²) in [6, 6.07) is 7.55. The molecule has 2 fully saturated rings. The summed E-state index contributed by atoms with van der Waals surface area (Å²) in [5.41, 5.74) is 2.01. The summed E-state index contributed by atoms with van der Waals surface area (Å²) < 4.78 is 56.1. The number of carbonyl (C=O) groups is 1. The zero-order valence-corrected chi connectivity index (χ0v) is 20.6. The van der Waals surface area contributed by atoms with Crippen molar-refractivity contribution in [2.24, 2.45) is 0 Å². The van der Waals surface area contributed by atoms with Gasteiger partial charge in [0, 0.05) is 36.1 Å². The second-order valence-corrected chi connectivity index (χ2v) is 8.91. The van der Waals surface area contributed by atoms with Gasteiger partial charge in [0.25, 0.3) is 5.91 Å². The molecule has 0 radical (unpaired) electrons. The van der Waals surface area contributed by atoms with Gasteiger partial charge >= 0.3 is 6.18 Å². The van der Waals surface area contributed by atoms with Crippen molar-refractivity contribution in [1.29, 1.82) is 0 Å². The van der Waals surface area contributed by atoms with E-state index in [0.717, 1.165) is 23.1 Å². The van der Waals surface area contributed by atoms with Crippen molar-refractivity contribution in [2.45, 2.75) is 19.2 Å². The first-order valence-corrected chi connectivity index (χ1v) is 12.1. The van der Waals surface area contributed by atoms with E-state index < -0.39 is 17.8 Å². The number of hydrogen-bond donors (Lipinski definition) is 1. The van der Waals surface area contributed by atoms with Gasteiger partial charge in [0.15, 0.2) is 0 Å². The van der Waals surface area contributed by atoms with Gasteiger partial charge in [-0.3, -0.25) is 14.8 Å². The summed E-state index contributed by atoms with van der Waals surface area (Å²) in [6.07, 6.45) is -2.56. The van der Waals surface area contributed by atoms with Crippen LogP contribution in [0.3, 0.4) is 0 Å². The quantitative estimate of drug-likeness (QED) is 0.529. The molecule has 5 rings (SSSR count). The van der Waals surface area contributed by atoms with E-state index in [-0.39, 0.29) is 11.7 Å². The minimum atomic E-state index is -4.65. The van der Waals surface area contributed by atoms with Gasteiger partial charge in [-0.1, -0.05) is 0 Å². The zero-order valence-electron chi connectivity index (χ0n) is 20.6. The molecule has 5 heterocycles. The van der Waals surface area contributed by atoms with Gasteiger partial charge in [-0.25, -0.2) is 4.98 Å². The fraction of sp³-hybridized carbons (Fsp3) is 0.385. The Labute approximate surface area is 217 Å². The molecule has 1 amide bonds. The summed E-state index contributed by atoms with van der Waals surface area (Å²) >= 11 is 0. The number of hydrogen-bond acceptors (Lipinski definition) is 8. The van der Waals surface area contributed by atoms with Crippen LogP contribution in [0.4, 0.5) is 24.7 Å². The fourth-order valence-electron chi connectivity index (χ4n) is 4.29. The number of amides is 1. The minimum absolute atomic E-state index is 0.162. The van der Waals surface area contributed by atoms with Crippen LogP contribution in [0.1, 0.15) is 33.5 Å². The fourth-order valence-corrected chi connectivity index (χ4v) is 4.29. The van der Waals surface area contributed by atoms with Gasteiger partial charge in [0.05, 0.1) is 50.6 Å². The molecule has 2 aliphatic rings. The second kappa shape index (κ2) is 11.0. The molecule has 12 heteroatoms. The largest absolute Gasteiger partial charge is 0.433 e. The van der Waals surface area contributed by atoms with E-state index in [2.05, 4.69) is 20.2 Å². The van der Waals surface area contributed by atoms with Gasteiger partial charge in [0.2, 0.25) is 0 Å². The highest BCUT2D eigenvalue weighted by atomic mass is 19.4. The Bertz CT molecular complexity index is 1270. The van der Waals surface area contributed by atoms with E-state index in [4.69, 9.17) is 19.2 Å². The molecule has 0 aliphatic carbocycles. The Morgan fingerprint density at radius 3 is 2.61 bits per heavy atom. The number of carbonyl (C=O) groups excluding carboxylic acids is 1. The highest BCUT2D eigenvalue weighted by Crippen LogP contribution is 2.32. The standard InChI is InChI=1S/C26H26F3N5O4/c1-16-20(13-19(14-31-16)32-25(35)17-2-3-30-23(11-17)26(27,28)29)18-10-21(22-15-37-8-9-38-22)33-24(12-18)34-4-6-36-7-5-34/h2-3,10-14,22H,4-9,15H2,1H3,(H,32,35). The molecule has 2 aliphatic heterocycles. The first-order valence-electron chi connectivity index (χ1n) is 12.1. The van der Waals surface area contributed by atoms with E-state index in [1.807, 2.05) is 19.1 Å². The molecular formula is C26H26F3N5O4. The monoisotopic (exact) mass is 529 g/mol. The van der Waals surface area contributed by atoms with Crippen LogP contribution in [0.25, 0.3) is 11.1 Å². The molecule has 200 valence electrons. The molecule has 38 heavy (non-hydrogen) atoms. The molecule has 0 saturated carbocycles. The van der Waals surface area contributed by atoms with Crippen molar-refractivity contribution in [2.75, 3.05) is 56.3 Å². The molecule has 2 saturated heterocycles. The summed E-state index contributed by atoms with van der Waals surface area (Å²) in [7, 11) is 0. The maximum absolute atomic E-state index is 13.0. The lowest BCUT2D eigenvalue weighted by molar-refractivity contribution is -0.141. The lowest BCUT2D eigenvalue weighted by Gasteiger charge is -2.30. The number of ether oxygens (including phenoxy) is 3. The molecular weight excluding hydrogens is 503 g/mol. The number of aryl methyl sites for hydroxylation is 1. The number of nitrogens with zero attached hydrogens (tertiary/aromatic N) is 4. The highest BCUT2D eigenvalue weighted by Gasteiger charge is 2.33. The number of alkyl halides is 3. The summed E-state index contributed by atoms with van der Waals surface area (Å²) in [5, 5.41) is 2.65. The van der Waals surface area contributed by atoms with E-state index in [1.165, 1.54) is 12.3 Å². The van der Waals surface area contributed by atoms with Crippen molar-refractivity contribution in [3.8, 4) is 11.1 Å². The van der Waals surface area contributed by atoms with E-state index in [9.17, 15) is 18.0 Å². The van der Waals surface area contributed by atoms with Crippen LogP contribution >= 0.6 is 0 Å². The molecule has 0 aromatic carbocycles. The van der Waals surface area contributed by atoms with Gasteiger partial charge in [0.1, 0.15) is 17.6 Å². The third kappa shape index (κ3) is 5.93. The number of nitrogens with one attached hydrogen (secondary N) is 1. The molecule has 0 spiro atoms. The van der Waals surface area contributed by atoms with Crippen LogP contribution in [0.15, 0.2) is 42.7 Å². The Balaban J connectivity index is 1.47. The Morgan fingerprint density at radius 1 is 1.05 bits per heavy atom. The van der Waals surface area contributed by atoms with E-state index in [1.54, 1.807) is 6.07 Å². The predicted octanol–water partition coefficient (Wildman–Crippen LogP) is 4.04. The molecule has 0 bridgehead atoms.